The largest absolute Gasteiger partial charge is 0.359 e. The highest BCUT2D eigenvalue weighted by molar-refractivity contribution is 5.88. The highest BCUT2D eigenvalue weighted by Gasteiger charge is 2.14. The maximum atomic E-state index is 5.26. The van der Waals surface area contributed by atoms with Crippen LogP contribution in [0.1, 0.15) is 11.5 Å². The van der Waals surface area contributed by atoms with E-state index >= 15 is 0 Å². The highest BCUT2D eigenvalue weighted by atomic mass is 16.6. The Morgan fingerprint density at radius 2 is 2.14 bits per heavy atom. The van der Waals surface area contributed by atoms with Gasteiger partial charge in [0.2, 0.25) is 0 Å². The van der Waals surface area contributed by atoms with Crippen molar-refractivity contribution in [1.82, 2.24) is 25.0 Å². The number of nitrogens with zero attached hydrogens (tertiary/aromatic N) is 5. The van der Waals surface area contributed by atoms with E-state index in [4.69, 9.17) is 9.15 Å². The molecule has 4 aromatic rings. The van der Waals surface area contributed by atoms with Gasteiger partial charge in [-0.15, -0.1) is 0 Å². The zero-order valence-corrected chi connectivity index (χ0v) is 11.2. The molecule has 3 aromatic heterocycles. The number of benzene rings is 1. The molecule has 4 rings (SSSR count). The van der Waals surface area contributed by atoms with Crippen LogP contribution in [0.5, 0.6) is 0 Å². The van der Waals surface area contributed by atoms with Gasteiger partial charge in [0.05, 0.1) is 12.2 Å². The molecule has 0 bridgehead atoms. The second kappa shape index (κ2) is 4.55. The smallest absolute Gasteiger partial charge is 0.156 e. The van der Waals surface area contributed by atoms with Crippen molar-refractivity contribution in [2.24, 2.45) is 0 Å². The van der Waals surface area contributed by atoms with Crippen LogP contribution >= 0.6 is 0 Å². The molecule has 0 radical (unpaired) electrons. The molecule has 3 heterocycles. The molecule has 0 aliphatic carbocycles. The van der Waals surface area contributed by atoms with Gasteiger partial charge in [0, 0.05) is 24.0 Å². The number of hydrogen-bond acceptors (Lipinski definition) is 6. The lowest BCUT2D eigenvalue weighted by molar-refractivity contribution is 0.315. The summed E-state index contributed by atoms with van der Waals surface area (Å²) in [6.45, 7) is 2.45. The van der Waals surface area contributed by atoms with Crippen LogP contribution in [0.25, 0.3) is 22.4 Å². The van der Waals surface area contributed by atoms with E-state index in [1.807, 2.05) is 42.0 Å². The van der Waals surface area contributed by atoms with Crippen LogP contribution in [0.15, 0.2) is 45.8 Å². The van der Waals surface area contributed by atoms with Gasteiger partial charge in [0.25, 0.3) is 0 Å². The van der Waals surface area contributed by atoms with Crippen molar-refractivity contribution in [3.05, 3.63) is 48.1 Å². The molecule has 104 valence electrons. The maximum absolute atomic E-state index is 5.26. The van der Waals surface area contributed by atoms with Crippen LogP contribution in [0.2, 0.25) is 0 Å². The van der Waals surface area contributed by atoms with Gasteiger partial charge in [0.15, 0.2) is 5.76 Å². The highest BCUT2D eigenvalue weighted by Crippen LogP contribution is 2.25. The van der Waals surface area contributed by atoms with E-state index in [2.05, 4.69) is 20.5 Å². The summed E-state index contributed by atoms with van der Waals surface area (Å²) in [5.41, 5.74) is 3.13. The predicted molar refractivity (Wildman–Crippen MR) is 73.4 cm³/mol. The van der Waals surface area contributed by atoms with Crippen molar-refractivity contribution < 1.29 is 9.15 Å². The normalized spacial score (nSPS) is 11.3. The van der Waals surface area contributed by atoms with E-state index in [9.17, 15) is 0 Å². The first-order valence-electron chi connectivity index (χ1n) is 6.46. The molecular weight excluding hydrogens is 270 g/mol. The third-order valence-corrected chi connectivity index (χ3v) is 3.25. The van der Waals surface area contributed by atoms with E-state index < -0.39 is 0 Å². The van der Waals surface area contributed by atoms with Gasteiger partial charge in [-0.25, -0.2) is 9.61 Å². The first-order valence-corrected chi connectivity index (χ1v) is 6.46. The lowest BCUT2D eigenvalue weighted by atomic mass is 10.1. The number of rotatable bonds is 3. The van der Waals surface area contributed by atoms with Gasteiger partial charge in [-0.05, 0) is 29.4 Å². The maximum Gasteiger partial charge on any atom is 0.156 e. The summed E-state index contributed by atoms with van der Waals surface area (Å²) in [4.78, 5) is 4.41. The Kier molecular flexibility index (Phi) is 2.56. The molecule has 0 amide bonds. The van der Waals surface area contributed by atoms with Crippen LogP contribution in [0.4, 0.5) is 0 Å². The first kappa shape index (κ1) is 11.8. The summed E-state index contributed by atoms with van der Waals surface area (Å²) in [6.07, 6.45) is 3.63. The lowest BCUT2D eigenvalue weighted by Crippen LogP contribution is -2.00. The number of fused-ring (bicyclic) bond motifs is 1. The van der Waals surface area contributed by atoms with Crippen molar-refractivity contribution >= 4 is 11.0 Å². The molecular formula is C14H11N5O2. The number of aromatic nitrogens is 5. The van der Waals surface area contributed by atoms with Gasteiger partial charge < -0.3 is 9.09 Å². The van der Waals surface area contributed by atoms with E-state index in [0.29, 0.717) is 17.6 Å². The molecule has 0 saturated heterocycles. The summed E-state index contributed by atoms with van der Waals surface area (Å²) >= 11 is 0. The Morgan fingerprint density at radius 3 is 3.00 bits per heavy atom. The number of imidazole rings is 1. The first-order chi connectivity index (χ1) is 10.3. The van der Waals surface area contributed by atoms with E-state index in [-0.39, 0.29) is 0 Å². The molecule has 0 unspecified atom stereocenters. The van der Waals surface area contributed by atoms with E-state index in [1.165, 1.54) is 0 Å². The van der Waals surface area contributed by atoms with Crippen molar-refractivity contribution in [2.45, 2.75) is 13.5 Å². The van der Waals surface area contributed by atoms with Crippen molar-refractivity contribution in [1.29, 1.82) is 0 Å². The average Bonchev–Trinajstić information content (AvgIpc) is 3.19. The van der Waals surface area contributed by atoms with Crippen LogP contribution in [-0.2, 0) is 6.54 Å². The molecule has 0 aliphatic rings. The Hall–Kier alpha value is -2.96. The van der Waals surface area contributed by atoms with Crippen LogP contribution < -0.4 is 0 Å². The number of aryl methyl sites for hydroxylation is 1. The molecule has 0 N–H and O–H groups in total. The third kappa shape index (κ3) is 1.99. The fourth-order valence-corrected chi connectivity index (χ4v) is 2.33. The molecule has 0 spiro atoms. The molecule has 0 saturated carbocycles. The minimum Gasteiger partial charge on any atom is -0.359 e. The minimum absolute atomic E-state index is 0.553. The van der Waals surface area contributed by atoms with E-state index in [1.54, 1.807) is 6.20 Å². The second-order valence-corrected chi connectivity index (χ2v) is 4.75. The molecule has 0 aliphatic heterocycles. The van der Waals surface area contributed by atoms with Crippen LogP contribution in [0, 0.1) is 6.92 Å². The standard InChI is InChI=1S/C14H11N5O2/c1-9-7-10(20-16-9)8-19-6-5-15-14(19)11-3-2-4-12-13(11)18-21-17-12/h2-7H,8H2,1H3. The molecule has 21 heavy (non-hydrogen) atoms. The van der Waals surface area contributed by atoms with Crippen LogP contribution in [0.3, 0.4) is 0 Å². The van der Waals surface area contributed by atoms with Crippen molar-refractivity contribution in [3.8, 4) is 11.4 Å². The Morgan fingerprint density at radius 1 is 1.19 bits per heavy atom. The second-order valence-electron chi connectivity index (χ2n) is 4.75. The SMILES string of the molecule is Cc1cc(Cn2ccnc2-c2cccc3nonc23)on1. The lowest BCUT2D eigenvalue weighted by Gasteiger charge is -2.05. The monoisotopic (exact) mass is 281 g/mol. The fraction of sp³-hybridized carbons (Fsp3) is 0.143. The zero-order chi connectivity index (χ0) is 14.2. The van der Waals surface area contributed by atoms with Gasteiger partial charge in [0.1, 0.15) is 16.9 Å². The fourth-order valence-electron chi connectivity index (χ4n) is 2.33. The Labute approximate surface area is 119 Å². The Balaban J connectivity index is 1.79. The average molecular weight is 281 g/mol. The summed E-state index contributed by atoms with van der Waals surface area (Å²) in [6, 6.07) is 7.60. The summed E-state index contributed by atoms with van der Waals surface area (Å²) in [5, 5.41) is 11.7. The predicted octanol–water partition coefficient (Wildman–Crippen LogP) is 2.43. The summed E-state index contributed by atoms with van der Waals surface area (Å²) in [5.74, 6) is 1.56. The topological polar surface area (TPSA) is 82.8 Å². The van der Waals surface area contributed by atoms with Crippen molar-refractivity contribution in [3.63, 3.8) is 0 Å². The third-order valence-electron chi connectivity index (χ3n) is 3.25. The van der Waals surface area contributed by atoms with Gasteiger partial charge >= 0.3 is 0 Å². The van der Waals surface area contributed by atoms with Gasteiger partial charge in [-0.1, -0.05) is 11.2 Å². The molecule has 1 aromatic carbocycles. The van der Waals surface area contributed by atoms with Gasteiger partial charge in [-0.3, -0.25) is 0 Å². The number of hydrogen-bond donors (Lipinski definition) is 0. The van der Waals surface area contributed by atoms with Gasteiger partial charge in [-0.2, -0.15) is 0 Å². The molecule has 7 nitrogen and oxygen atoms in total. The van der Waals surface area contributed by atoms with Crippen LogP contribution in [-0.4, -0.2) is 25.0 Å². The van der Waals surface area contributed by atoms with E-state index in [0.717, 1.165) is 22.8 Å². The minimum atomic E-state index is 0.553. The summed E-state index contributed by atoms with van der Waals surface area (Å²) < 4.78 is 12.0. The molecule has 0 fully saturated rings. The Bertz CT molecular complexity index is 905. The zero-order valence-electron chi connectivity index (χ0n) is 11.2. The molecule has 0 atom stereocenters. The summed E-state index contributed by atoms with van der Waals surface area (Å²) in [7, 11) is 0. The molecule has 7 heteroatoms. The quantitative estimate of drug-likeness (QED) is 0.573. The van der Waals surface area contributed by atoms with Crippen molar-refractivity contribution in [2.75, 3.05) is 0 Å².